The third-order valence-electron chi connectivity index (χ3n) is 3.44. The smallest absolute Gasteiger partial charge is 0.276 e. The topological polar surface area (TPSA) is 58.1 Å². The maximum atomic E-state index is 13.5. The van der Waals surface area contributed by atoms with Gasteiger partial charge in [-0.3, -0.25) is 4.79 Å². The molecule has 1 aliphatic heterocycles. The molecule has 1 aromatic heterocycles. The first-order chi connectivity index (χ1) is 10.2. The van der Waals surface area contributed by atoms with Crippen LogP contribution >= 0.6 is 0 Å². The molecule has 1 aromatic carbocycles. The molecule has 21 heavy (non-hydrogen) atoms. The van der Waals surface area contributed by atoms with Crippen molar-refractivity contribution in [2.45, 2.75) is 12.8 Å². The SMILES string of the molecule is O=C(Nc1ccccc1F)c1ccc(N2CCCC2)nn1. The zero-order valence-electron chi connectivity index (χ0n) is 11.4. The first kappa shape index (κ1) is 13.5. The predicted molar refractivity (Wildman–Crippen MR) is 77.8 cm³/mol. The highest BCUT2D eigenvalue weighted by atomic mass is 19.1. The van der Waals surface area contributed by atoms with Gasteiger partial charge < -0.3 is 10.2 Å². The van der Waals surface area contributed by atoms with Crippen LogP contribution in [0.3, 0.4) is 0 Å². The summed E-state index contributed by atoms with van der Waals surface area (Å²) < 4.78 is 13.5. The number of hydrogen-bond donors (Lipinski definition) is 1. The van der Waals surface area contributed by atoms with E-state index in [9.17, 15) is 9.18 Å². The Bertz CT molecular complexity index is 638. The van der Waals surface area contributed by atoms with Gasteiger partial charge in [-0.05, 0) is 37.1 Å². The van der Waals surface area contributed by atoms with Crippen LogP contribution in [0.2, 0.25) is 0 Å². The number of nitrogens with zero attached hydrogens (tertiary/aromatic N) is 3. The van der Waals surface area contributed by atoms with E-state index < -0.39 is 11.7 Å². The number of anilines is 2. The highest BCUT2D eigenvalue weighted by Crippen LogP contribution is 2.17. The van der Waals surface area contributed by atoms with Crippen LogP contribution in [0.1, 0.15) is 23.3 Å². The summed E-state index contributed by atoms with van der Waals surface area (Å²) in [4.78, 5) is 14.1. The zero-order chi connectivity index (χ0) is 14.7. The number of aromatic nitrogens is 2. The quantitative estimate of drug-likeness (QED) is 0.941. The van der Waals surface area contributed by atoms with Gasteiger partial charge in [0.1, 0.15) is 5.82 Å². The minimum Gasteiger partial charge on any atom is -0.355 e. The Morgan fingerprint density at radius 1 is 1.10 bits per heavy atom. The van der Waals surface area contributed by atoms with Crippen LogP contribution in [0.4, 0.5) is 15.9 Å². The Balaban J connectivity index is 1.71. The fraction of sp³-hybridized carbons (Fsp3) is 0.267. The zero-order valence-corrected chi connectivity index (χ0v) is 11.4. The van der Waals surface area contributed by atoms with Gasteiger partial charge in [0.2, 0.25) is 0 Å². The first-order valence-corrected chi connectivity index (χ1v) is 6.88. The Hall–Kier alpha value is -2.50. The van der Waals surface area contributed by atoms with E-state index in [4.69, 9.17) is 0 Å². The molecule has 0 saturated carbocycles. The number of halogens is 1. The molecule has 1 fully saturated rings. The number of carbonyl (C=O) groups is 1. The van der Waals surface area contributed by atoms with Gasteiger partial charge in [0.15, 0.2) is 11.5 Å². The van der Waals surface area contributed by atoms with Crippen molar-refractivity contribution >= 4 is 17.4 Å². The van der Waals surface area contributed by atoms with Crippen LogP contribution < -0.4 is 10.2 Å². The van der Waals surface area contributed by atoms with Gasteiger partial charge in [0.05, 0.1) is 5.69 Å². The highest BCUT2D eigenvalue weighted by Gasteiger charge is 2.15. The van der Waals surface area contributed by atoms with Crippen molar-refractivity contribution < 1.29 is 9.18 Å². The molecule has 1 aliphatic rings. The second kappa shape index (κ2) is 5.87. The van der Waals surface area contributed by atoms with E-state index in [0.717, 1.165) is 31.7 Å². The summed E-state index contributed by atoms with van der Waals surface area (Å²) in [6, 6.07) is 9.39. The Kier molecular flexibility index (Phi) is 3.77. The van der Waals surface area contributed by atoms with Gasteiger partial charge in [-0.2, -0.15) is 0 Å². The van der Waals surface area contributed by atoms with Crippen LogP contribution in [0, 0.1) is 5.82 Å². The van der Waals surface area contributed by atoms with Crippen LogP contribution in [-0.4, -0.2) is 29.2 Å². The lowest BCUT2D eigenvalue weighted by molar-refractivity contribution is 0.102. The number of rotatable bonds is 3. The average molecular weight is 286 g/mol. The number of para-hydroxylation sites is 1. The Labute approximate surface area is 121 Å². The molecule has 5 nitrogen and oxygen atoms in total. The third kappa shape index (κ3) is 2.99. The van der Waals surface area contributed by atoms with Crippen molar-refractivity contribution in [1.29, 1.82) is 0 Å². The molecule has 6 heteroatoms. The van der Waals surface area contributed by atoms with Gasteiger partial charge in [-0.15, -0.1) is 10.2 Å². The maximum Gasteiger partial charge on any atom is 0.276 e. The molecule has 1 N–H and O–H groups in total. The van der Waals surface area contributed by atoms with E-state index >= 15 is 0 Å². The van der Waals surface area contributed by atoms with Crippen LogP contribution in [0.5, 0.6) is 0 Å². The summed E-state index contributed by atoms with van der Waals surface area (Å²) in [5, 5.41) is 10.5. The minimum atomic E-state index is -0.479. The van der Waals surface area contributed by atoms with Crippen molar-refractivity contribution in [3.05, 3.63) is 47.9 Å². The number of nitrogens with one attached hydrogen (secondary N) is 1. The first-order valence-electron chi connectivity index (χ1n) is 6.88. The monoisotopic (exact) mass is 286 g/mol. The number of benzene rings is 1. The molecule has 1 amide bonds. The van der Waals surface area contributed by atoms with E-state index in [0.29, 0.717) is 0 Å². The molecular formula is C15H15FN4O. The van der Waals surface area contributed by atoms with Crippen molar-refractivity contribution in [1.82, 2.24) is 10.2 Å². The van der Waals surface area contributed by atoms with Crippen LogP contribution in [0.25, 0.3) is 0 Å². The molecule has 0 bridgehead atoms. The van der Waals surface area contributed by atoms with Gasteiger partial charge >= 0.3 is 0 Å². The summed E-state index contributed by atoms with van der Waals surface area (Å²) in [5.41, 5.74) is 0.300. The Morgan fingerprint density at radius 2 is 1.86 bits per heavy atom. The fourth-order valence-electron chi connectivity index (χ4n) is 2.31. The van der Waals surface area contributed by atoms with Gasteiger partial charge in [0.25, 0.3) is 5.91 Å². The molecule has 0 radical (unpaired) electrons. The van der Waals surface area contributed by atoms with E-state index in [1.165, 1.54) is 12.1 Å². The van der Waals surface area contributed by atoms with Crippen LogP contribution in [-0.2, 0) is 0 Å². The normalized spacial score (nSPS) is 14.2. The largest absolute Gasteiger partial charge is 0.355 e. The second-order valence-corrected chi connectivity index (χ2v) is 4.90. The summed E-state index contributed by atoms with van der Waals surface area (Å²) in [6.45, 7) is 1.94. The van der Waals surface area contributed by atoms with Crippen LogP contribution in [0.15, 0.2) is 36.4 Å². The van der Waals surface area contributed by atoms with Gasteiger partial charge in [-0.1, -0.05) is 12.1 Å². The molecule has 0 aliphatic carbocycles. The molecule has 3 rings (SSSR count). The summed E-state index contributed by atoms with van der Waals surface area (Å²) >= 11 is 0. The number of carbonyl (C=O) groups excluding carboxylic acids is 1. The Morgan fingerprint density at radius 3 is 2.52 bits per heavy atom. The minimum absolute atomic E-state index is 0.132. The fourth-order valence-corrected chi connectivity index (χ4v) is 2.31. The lowest BCUT2D eigenvalue weighted by Crippen LogP contribution is -2.21. The van der Waals surface area contributed by atoms with Crippen molar-refractivity contribution in [3.8, 4) is 0 Å². The molecule has 2 aromatic rings. The molecular weight excluding hydrogens is 271 g/mol. The molecule has 1 saturated heterocycles. The number of amides is 1. The number of hydrogen-bond acceptors (Lipinski definition) is 4. The van der Waals surface area contributed by atoms with E-state index in [-0.39, 0.29) is 11.4 Å². The van der Waals surface area contributed by atoms with Crippen molar-refractivity contribution in [2.75, 3.05) is 23.3 Å². The standard InChI is InChI=1S/C15H15FN4O/c16-11-5-1-2-6-12(11)17-15(21)13-7-8-14(19-18-13)20-9-3-4-10-20/h1-2,5-8H,3-4,9-10H2,(H,17,21). The second-order valence-electron chi connectivity index (χ2n) is 4.90. The maximum absolute atomic E-state index is 13.5. The van der Waals surface area contributed by atoms with E-state index in [1.807, 2.05) is 0 Å². The predicted octanol–water partition coefficient (Wildman–Crippen LogP) is 2.47. The molecule has 0 atom stereocenters. The lowest BCUT2D eigenvalue weighted by Gasteiger charge is -2.15. The molecule has 0 unspecified atom stereocenters. The van der Waals surface area contributed by atoms with Crippen molar-refractivity contribution in [2.24, 2.45) is 0 Å². The van der Waals surface area contributed by atoms with Gasteiger partial charge in [-0.25, -0.2) is 4.39 Å². The molecule has 0 spiro atoms. The summed E-state index contributed by atoms with van der Waals surface area (Å²) in [5.74, 6) is -0.178. The summed E-state index contributed by atoms with van der Waals surface area (Å²) in [7, 11) is 0. The van der Waals surface area contributed by atoms with E-state index in [1.54, 1.807) is 24.3 Å². The van der Waals surface area contributed by atoms with E-state index in [2.05, 4.69) is 20.4 Å². The van der Waals surface area contributed by atoms with Gasteiger partial charge in [0, 0.05) is 13.1 Å². The summed E-state index contributed by atoms with van der Waals surface area (Å²) in [6.07, 6.45) is 2.30. The third-order valence-corrected chi connectivity index (χ3v) is 3.44. The average Bonchev–Trinajstić information content (AvgIpc) is 3.04. The highest BCUT2D eigenvalue weighted by molar-refractivity contribution is 6.02. The molecule has 2 heterocycles. The van der Waals surface area contributed by atoms with Crippen molar-refractivity contribution in [3.63, 3.8) is 0 Å². The lowest BCUT2D eigenvalue weighted by atomic mass is 10.3. The molecule has 108 valence electrons.